The Balaban J connectivity index is 0.000000146. The molecule has 0 atom stereocenters. The van der Waals surface area contributed by atoms with Crippen molar-refractivity contribution in [2.45, 2.75) is 12.8 Å². The number of phenols is 1. The van der Waals surface area contributed by atoms with Crippen molar-refractivity contribution in [2.24, 2.45) is 5.92 Å². The largest absolute Gasteiger partial charge is 0.508 e. The number of rotatable bonds is 6. The molecule has 1 saturated carbocycles. The molecule has 45 heavy (non-hydrogen) atoms. The van der Waals surface area contributed by atoms with Gasteiger partial charge < -0.3 is 15.3 Å². The van der Waals surface area contributed by atoms with E-state index in [9.17, 15) is 9.90 Å². The van der Waals surface area contributed by atoms with Crippen molar-refractivity contribution in [1.29, 1.82) is 0 Å². The smallest absolute Gasteiger partial charge is 0.228 e. The van der Waals surface area contributed by atoms with Crippen molar-refractivity contribution in [3.63, 3.8) is 0 Å². The number of anilines is 3. The van der Waals surface area contributed by atoms with Gasteiger partial charge in [0.05, 0.1) is 34.8 Å². The molecule has 1 fully saturated rings. The first-order chi connectivity index (χ1) is 22.0. The van der Waals surface area contributed by atoms with E-state index in [1.165, 1.54) is 0 Å². The zero-order chi connectivity index (χ0) is 30.8. The monoisotopic (exact) mass is 594 g/mol. The lowest BCUT2D eigenvalue weighted by molar-refractivity contribution is -0.117. The molecule has 0 spiro atoms. The van der Waals surface area contributed by atoms with Gasteiger partial charge in [-0.25, -0.2) is 19.0 Å². The molecule has 0 aliphatic heterocycles. The van der Waals surface area contributed by atoms with E-state index in [1.54, 1.807) is 18.3 Å². The van der Waals surface area contributed by atoms with Gasteiger partial charge in [0, 0.05) is 48.2 Å². The number of fused-ring (bicyclic) bond motifs is 2. The SMILES string of the molecule is CN(c1cccc(O)c1)c1cccc(-c2cnn3ccccc23)n1.O=C(Nc1cccc(-c2cnn3ccccc23)n1)C1CC1. The van der Waals surface area contributed by atoms with Crippen molar-refractivity contribution in [3.8, 4) is 28.3 Å². The maximum Gasteiger partial charge on any atom is 0.228 e. The Bertz CT molecular complexity index is 2130. The van der Waals surface area contributed by atoms with Crippen molar-refractivity contribution >= 4 is 34.3 Å². The summed E-state index contributed by atoms with van der Waals surface area (Å²) in [6.07, 6.45) is 9.41. The first-order valence-corrected chi connectivity index (χ1v) is 14.7. The van der Waals surface area contributed by atoms with Gasteiger partial charge in [0.2, 0.25) is 5.91 Å². The third kappa shape index (κ3) is 5.94. The molecule has 8 rings (SSSR count). The molecule has 6 heterocycles. The lowest BCUT2D eigenvalue weighted by atomic mass is 10.2. The summed E-state index contributed by atoms with van der Waals surface area (Å²) in [5, 5.41) is 21.2. The molecule has 2 N–H and O–H groups in total. The second-order valence-corrected chi connectivity index (χ2v) is 10.8. The molecule has 10 heteroatoms. The quantitative estimate of drug-likeness (QED) is 0.223. The van der Waals surface area contributed by atoms with Crippen LogP contribution < -0.4 is 10.2 Å². The summed E-state index contributed by atoms with van der Waals surface area (Å²) in [6, 6.07) is 30.5. The highest BCUT2D eigenvalue weighted by atomic mass is 16.3. The van der Waals surface area contributed by atoms with Crippen LogP contribution in [0, 0.1) is 5.92 Å². The molecule has 0 radical (unpaired) electrons. The Labute approximate surface area is 259 Å². The Morgan fingerprint density at radius 3 is 2.04 bits per heavy atom. The number of aromatic hydroxyl groups is 1. The summed E-state index contributed by atoms with van der Waals surface area (Å²) in [5.41, 5.74) is 6.50. The lowest BCUT2D eigenvalue weighted by Crippen LogP contribution is -2.14. The van der Waals surface area contributed by atoms with E-state index in [0.717, 1.165) is 57.9 Å². The minimum absolute atomic E-state index is 0.0690. The summed E-state index contributed by atoms with van der Waals surface area (Å²) in [6.45, 7) is 0. The number of carbonyl (C=O) groups is 1. The third-order valence-corrected chi connectivity index (χ3v) is 7.65. The summed E-state index contributed by atoms with van der Waals surface area (Å²) < 4.78 is 3.65. The van der Waals surface area contributed by atoms with Gasteiger partial charge in [0.25, 0.3) is 0 Å². The normalized spacial score (nSPS) is 12.5. The Morgan fingerprint density at radius 2 is 1.40 bits per heavy atom. The highest BCUT2D eigenvalue weighted by Crippen LogP contribution is 2.31. The minimum Gasteiger partial charge on any atom is -0.508 e. The molecule has 10 nitrogen and oxygen atoms in total. The zero-order valence-electron chi connectivity index (χ0n) is 24.5. The van der Waals surface area contributed by atoms with Gasteiger partial charge in [-0.3, -0.25) is 4.79 Å². The van der Waals surface area contributed by atoms with Gasteiger partial charge in [0.1, 0.15) is 17.4 Å². The van der Waals surface area contributed by atoms with Crippen LogP contribution in [-0.2, 0) is 4.79 Å². The zero-order valence-corrected chi connectivity index (χ0v) is 24.5. The number of carbonyl (C=O) groups excluding carboxylic acids is 1. The predicted molar refractivity (Wildman–Crippen MR) is 174 cm³/mol. The number of aromatic nitrogens is 6. The fraction of sp³-hybridized carbons (Fsp3) is 0.114. The molecule has 1 aromatic carbocycles. The number of hydrogen-bond acceptors (Lipinski definition) is 7. The molecule has 6 aromatic heterocycles. The third-order valence-electron chi connectivity index (χ3n) is 7.65. The van der Waals surface area contributed by atoms with Crippen LogP contribution in [0.1, 0.15) is 12.8 Å². The fourth-order valence-corrected chi connectivity index (χ4v) is 5.09. The van der Waals surface area contributed by atoms with Gasteiger partial charge >= 0.3 is 0 Å². The number of pyridine rings is 4. The molecule has 0 unspecified atom stereocenters. The molecule has 1 aliphatic carbocycles. The van der Waals surface area contributed by atoms with Crippen LogP contribution in [0.2, 0.25) is 0 Å². The number of amides is 1. The van der Waals surface area contributed by atoms with E-state index in [4.69, 9.17) is 4.98 Å². The number of phenolic OH excluding ortho intramolecular Hbond substituents is 1. The first-order valence-electron chi connectivity index (χ1n) is 14.7. The molecule has 1 amide bonds. The van der Waals surface area contributed by atoms with Gasteiger partial charge in [-0.05, 0) is 73.5 Å². The second-order valence-electron chi connectivity index (χ2n) is 10.8. The van der Waals surface area contributed by atoms with E-state index < -0.39 is 0 Å². The average molecular weight is 595 g/mol. The van der Waals surface area contributed by atoms with Crippen LogP contribution in [0.15, 0.2) is 122 Å². The van der Waals surface area contributed by atoms with Gasteiger partial charge in [-0.1, -0.05) is 30.3 Å². The standard InChI is InChI=1S/C19H16N4O.C16H14N4O/c1-22(14-6-4-7-15(24)12-14)19-10-5-8-17(21-19)16-13-20-23-11-3-2-9-18(16)23;21-16(11-7-8-11)19-15-6-3-4-13(18-15)12-10-17-20-9-2-1-5-14(12)20/h2-13,24H,1H3;1-6,9-11H,7-8H2,(H,18,19,21). The summed E-state index contributed by atoms with van der Waals surface area (Å²) in [7, 11) is 1.93. The molecule has 0 bridgehead atoms. The molecule has 0 saturated heterocycles. The summed E-state index contributed by atoms with van der Waals surface area (Å²) >= 11 is 0. The highest BCUT2D eigenvalue weighted by molar-refractivity contribution is 5.93. The first kappa shape index (κ1) is 27.8. The number of nitrogens with one attached hydrogen (secondary N) is 1. The number of nitrogens with zero attached hydrogens (tertiary/aromatic N) is 7. The van der Waals surface area contributed by atoms with Gasteiger partial charge in [-0.2, -0.15) is 10.2 Å². The van der Waals surface area contributed by atoms with E-state index in [-0.39, 0.29) is 17.6 Å². The Morgan fingerprint density at radius 1 is 0.778 bits per heavy atom. The van der Waals surface area contributed by atoms with Crippen molar-refractivity contribution in [1.82, 2.24) is 29.2 Å². The van der Waals surface area contributed by atoms with Crippen LogP contribution in [-0.4, -0.2) is 47.3 Å². The van der Waals surface area contributed by atoms with Crippen LogP contribution >= 0.6 is 0 Å². The predicted octanol–water partition coefficient (Wildman–Crippen LogP) is 6.61. The number of benzene rings is 1. The molecular formula is C35H30N8O2. The van der Waals surface area contributed by atoms with Gasteiger partial charge in [-0.15, -0.1) is 0 Å². The van der Waals surface area contributed by atoms with E-state index in [1.807, 2.05) is 124 Å². The highest BCUT2D eigenvalue weighted by Gasteiger charge is 2.29. The van der Waals surface area contributed by atoms with E-state index in [2.05, 4.69) is 20.5 Å². The van der Waals surface area contributed by atoms with Crippen molar-refractivity contribution in [3.05, 3.63) is 122 Å². The van der Waals surface area contributed by atoms with Crippen molar-refractivity contribution in [2.75, 3.05) is 17.3 Å². The van der Waals surface area contributed by atoms with Gasteiger partial charge in [0.15, 0.2) is 0 Å². The van der Waals surface area contributed by atoms with Crippen molar-refractivity contribution < 1.29 is 9.90 Å². The maximum atomic E-state index is 11.8. The molecule has 222 valence electrons. The molecule has 7 aromatic rings. The van der Waals surface area contributed by atoms with E-state index >= 15 is 0 Å². The fourth-order valence-electron chi connectivity index (χ4n) is 5.09. The van der Waals surface area contributed by atoms with E-state index in [0.29, 0.717) is 5.82 Å². The second kappa shape index (κ2) is 11.9. The minimum atomic E-state index is 0.0690. The maximum absolute atomic E-state index is 11.8. The molecular weight excluding hydrogens is 564 g/mol. The summed E-state index contributed by atoms with van der Waals surface area (Å²) in [5.74, 6) is 1.87. The Hall–Kier alpha value is -6.03. The average Bonchev–Trinajstić information content (AvgIpc) is 3.71. The topological polar surface area (TPSA) is 113 Å². The van der Waals surface area contributed by atoms with Crippen LogP contribution in [0.5, 0.6) is 5.75 Å². The van der Waals surface area contributed by atoms with Crippen LogP contribution in [0.25, 0.3) is 33.5 Å². The molecule has 1 aliphatic rings. The summed E-state index contributed by atoms with van der Waals surface area (Å²) in [4.78, 5) is 23.0. The Kier molecular flexibility index (Phi) is 7.36. The number of hydrogen-bond donors (Lipinski definition) is 2. The van der Waals surface area contributed by atoms with Crippen LogP contribution in [0.4, 0.5) is 17.3 Å². The lowest BCUT2D eigenvalue weighted by Gasteiger charge is -2.19. The van der Waals surface area contributed by atoms with Crippen LogP contribution in [0.3, 0.4) is 0 Å².